The number of carbonyl (C=O) groups excluding carboxylic acids is 1. The van der Waals surface area contributed by atoms with Gasteiger partial charge in [-0.1, -0.05) is 36.2 Å². The largest absolute Gasteiger partial charge is 0.353 e. The summed E-state index contributed by atoms with van der Waals surface area (Å²) in [5, 5.41) is 2.90. The number of benzene rings is 1. The molecule has 2 N–H and O–H groups in total. The van der Waals surface area contributed by atoms with E-state index in [9.17, 15) is 13.2 Å². The van der Waals surface area contributed by atoms with E-state index >= 15 is 0 Å². The average Bonchev–Trinajstić information content (AvgIpc) is 2.61. The predicted octanol–water partition coefficient (Wildman–Crippen LogP) is 2.74. The van der Waals surface area contributed by atoms with Crippen LogP contribution in [0.5, 0.6) is 0 Å². The third-order valence-electron chi connectivity index (χ3n) is 4.99. The first-order valence-electron chi connectivity index (χ1n) is 9.50. The monoisotopic (exact) mass is 459 g/mol. The number of hydrogen-bond donors (Lipinski definition) is 2. The maximum Gasteiger partial charge on any atom is 0.241 e. The number of carbonyl (C=O) groups is 1. The van der Waals surface area contributed by atoms with Gasteiger partial charge >= 0.3 is 0 Å². The molecule has 0 unspecified atom stereocenters. The van der Waals surface area contributed by atoms with E-state index in [1.165, 1.54) is 31.4 Å². The molecule has 0 aliphatic carbocycles. The summed E-state index contributed by atoms with van der Waals surface area (Å²) in [7, 11) is -3.76. The van der Waals surface area contributed by atoms with Crippen molar-refractivity contribution in [2.75, 3.05) is 19.6 Å². The van der Waals surface area contributed by atoms with Gasteiger partial charge in [0, 0.05) is 23.6 Å². The van der Waals surface area contributed by atoms with Gasteiger partial charge in [0.1, 0.15) is 6.04 Å². The summed E-state index contributed by atoms with van der Waals surface area (Å²) in [6, 6.07) is 6.08. The van der Waals surface area contributed by atoms with Gasteiger partial charge in [-0.2, -0.15) is 4.72 Å². The number of piperidine rings is 1. The SMILES string of the molecule is CC(C)[C@@H](NS(=O)(=O)c1ccc(Br)cc1)C(=O)NCCN1CCCC[C@@H]1C. The lowest BCUT2D eigenvalue weighted by Crippen LogP contribution is -2.51. The molecule has 6 nitrogen and oxygen atoms in total. The van der Waals surface area contributed by atoms with Crippen molar-refractivity contribution < 1.29 is 13.2 Å². The molecule has 0 spiro atoms. The lowest BCUT2D eigenvalue weighted by atomic mass is 10.0. The molecule has 1 heterocycles. The normalized spacial score (nSPS) is 19.8. The van der Waals surface area contributed by atoms with Gasteiger partial charge in [-0.3, -0.25) is 9.69 Å². The summed E-state index contributed by atoms with van der Waals surface area (Å²) in [5.74, 6) is -0.445. The number of halogens is 1. The van der Waals surface area contributed by atoms with Crippen LogP contribution in [0.1, 0.15) is 40.0 Å². The van der Waals surface area contributed by atoms with Crippen LogP contribution in [0, 0.1) is 5.92 Å². The van der Waals surface area contributed by atoms with Crippen LogP contribution >= 0.6 is 15.9 Å². The summed E-state index contributed by atoms with van der Waals surface area (Å²) in [4.78, 5) is 15.1. The summed E-state index contributed by atoms with van der Waals surface area (Å²) in [5.41, 5.74) is 0. The summed E-state index contributed by atoms with van der Waals surface area (Å²) >= 11 is 3.29. The predicted molar refractivity (Wildman–Crippen MR) is 111 cm³/mol. The van der Waals surface area contributed by atoms with E-state index < -0.39 is 16.1 Å². The van der Waals surface area contributed by atoms with Crippen LogP contribution in [0.4, 0.5) is 0 Å². The fourth-order valence-corrected chi connectivity index (χ4v) is 4.87. The molecule has 2 atom stereocenters. The minimum atomic E-state index is -3.76. The van der Waals surface area contributed by atoms with Crippen LogP contribution in [0.15, 0.2) is 33.6 Å². The number of nitrogens with zero attached hydrogens (tertiary/aromatic N) is 1. The van der Waals surface area contributed by atoms with Gasteiger partial charge in [0.05, 0.1) is 4.90 Å². The van der Waals surface area contributed by atoms with Crippen LogP contribution < -0.4 is 10.0 Å². The van der Waals surface area contributed by atoms with Crippen LogP contribution in [0.2, 0.25) is 0 Å². The highest BCUT2D eigenvalue weighted by Gasteiger charge is 2.28. The second-order valence-corrected chi connectivity index (χ2v) is 10.1. The Morgan fingerprint density at radius 3 is 2.52 bits per heavy atom. The van der Waals surface area contributed by atoms with Crippen LogP contribution in [0.3, 0.4) is 0 Å². The summed E-state index contributed by atoms with van der Waals surface area (Å²) in [6.07, 6.45) is 3.65. The van der Waals surface area contributed by atoms with Gasteiger partial charge in [0.2, 0.25) is 15.9 Å². The number of hydrogen-bond acceptors (Lipinski definition) is 4. The summed E-state index contributed by atoms with van der Waals surface area (Å²) in [6.45, 7) is 8.25. The Morgan fingerprint density at radius 1 is 1.26 bits per heavy atom. The van der Waals surface area contributed by atoms with Crippen molar-refractivity contribution in [3.8, 4) is 0 Å². The molecule has 0 aromatic heterocycles. The molecule has 152 valence electrons. The Hall–Kier alpha value is -0.960. The molecule has 1 amide bonds. The molecule has 8 heteroatoms. The molecule has 1 aromatic rings. The fourth-order valence-electron chi connectivity index (χ4n) is 3.26. The number of nitrogens with one attached hydrogen (secondary N) is 2. The smallest absolute Gasteiger partial charge is 0.241 e. The zero-order valence-electron chi connectivity index (χ0n) is 16.2. The van der Waals surface area contributed by atoms with E-state index in [0.29, 0.717) is 12.6 Å². The molecule has 1 aromatic carbocycles. The van der Waals surface area contributed by atoms with Crippen molar-refractivity contribution in [2.45, 2.75) is 57.0 Å². The summed E-state index contributed by atoms with van der Waals surface area (Å²) < 4.78 is 28.6. The first-order valence-corrected chi connectivity index (χ1v) is 11.8. The van der Waals surface area contributed by atoms with Gasteiger partial charge < -0.3 is 5.32 Å². The van der Waals surface area contributed by atoms with Gasteiger partial charge in [-0.25, -0.2) is 8.42 Å². The molecule has 0 bridgehead atoms. The van der Waals surface area contributed by atoms with E-state index in [4.69, 9.17) is 0 Å². The van der Waals surface area contributed by atoms with Crippen molar-refractivity contribution in [3.63, 3.8) is 0 Å². The Kier molecular flexibility index (Phi) is 8.27. The molecule has 0 radical (unpaired) electrons. The molecule has 27 heavy (non-hydrogen) atoms. The molecular weight excluding hydrogens is 430 g/mol. The maximum atomic E-state index is 12.6. The number of amides is 1. The van der Waals surface area contributed by atoms with E-state index in [-0.39, 0.29) is 16.7 Å². The second-order valence-electron chi connectivity index (χ2n) is 7.47. The Bertz CT molecular complexity index is 722. The fraction of sp³-hybridized carbons (Fsp3) is 0.632. The number of sulfonamides is 1. The Morgan fingerprint density at radius 2 is 1.93 bits per heavy atom. The van der Waals surface area contributed by atoms with Crippen molar-refractivity contribution in [1.29, 1.82) is 0 Å². The van der Waals surface area contributed by atoms with Crippen LogP contribution in [-0.2, 0) is 14.8 Å². The molecular formula is C19H30BrN3O3S. The van der Waals surface area contributed by atoms with E-state index in [0.717, 1.165) is 17.6 Å². The number of rotatable bonds is 8. The Balaban J connectivity index is 1.95. The van der Waals surface area contributed by atoms with Crippen molar-refractivity contribution in [2.24, 2.45) is 5.92 Å². The zero-order valence-corrected chi connectivity index (χ0v) is 18.6. The van der Waals surface area contributed by atoms with Crippen molar-refractivity contribution in [3.05, 3.63) is 28.7 Å². The zero-order chi connectivity index (χ0) is 20.0. The van der Waals surface area contributed by atoms with Crippen LogP contribution in [0.25, 0.3) is 0 Å². The molecule has 1 saturated heterocycles. The quantitative estimate of drug-likeness (QED) is 0.626. The highest BCUT2D eigenvalue weighted by atomic mass is 79.9. The van der Waals surface area contributed by atoms with E-state index in [1.54, 1.807) is 12.1 Å². The highest BCUT2D eigenvalue weighted by molar-refractivity contribution is 9.10. The molecule has 0 saturated carbocycles. The minimum absolute atomic E-state index is 0.145. The first kappa shape index (κ1) is 22.3. The van der Waals surface area contributed by atoms with Crippen molar-refractivity contribution in [1.82, 2.24) is 14.9 Å². The maximum absolute atomic E-state index is 12.6. The lowest BCUT2D eigenvalue weighted by molar-refractivity contribution is -0.123. The minimum Gasteiger partial charge on any atom is -0.353 e. The van der Waals surface area contributed by atoms with Crippen molar-refractivity contribution >= 4 is 31.9 Å². The first-order chi connectivity index (χ1) is 12.7. The van der Waals surface area contributed by atoms with Gasteiger partial charge in [-0.15, -0.1) is 0 Å². The third kappa shape index (κ3) is 6.55. The van der Waals surface area contributed by atoms with Gasteiger partial charge in [-0.05, 0) is 56.5 Å². The van der Waals surface area contributed by atoms with Crippen LogP contribution in [-0.4, -0.2) is 50.9 Å². The van der Waals surface area contributed by atoms with E-state index in [1.807, 2.05) is 13.8 Å². The lowest BCUT2D eigenvalue weighted by Gasteiger charge is -2.33. The third-order valence-corrected chi connectivity index (χ3v) is 6.98. The molecule has 1 fully saturated rings. The highest BCUT2D eigenvalue weighted by Crippen LogP contribution is 2.17. The van der Waals surface area contributed by atoms with Gasteiger partial charge in [0.25, 0.3) is 0 Å². The standard InChI is InChI=1S/C19H30BrN3O3S/c1-14(2)18(22-27(25,26)17-9-7-16(20)8-10-17)19(24)21-11-13-23-12-5-4-6-15(23)3/h7-10,14-15,18,22H,4-6,11-13H2,1-3H3,(H,21,24)/t15-,18+/m0/s1. The average molecular weight is 460 g/mol. The topological polar surface area (TPSA) is 78.5 Å². The molecule has 1 aliphatic rings. The second kappa shape index (κ2) is 10.0. The molecule has 1 aliphatic heterocycles. The number of likely N-dealkylation sites (tertiary alicyclic amines) is 1. The van der Waals surface area contributed by atoms with Gasteiger partial charge in [0.15, 0.2) is 0 Å². The molecule has 2 rings (SSSR count). The van der Waals surface area contributed by atoms with E-state index in [2.05, 4.69) is 37.8 Å². The Labute approximate surface area is 171 Å².